The summed E-state index contributed by atoms with van der Waals surface area (Å²) in [5.74, 6) is 0.185. The molecule has 0 aliphatic carbocycles. The molecule has 62 valence electrons. The number of hydrogen-bond donors (Lipinski definition) is 0. The molecule has 0 aliphatic heterocycles. The molecular weight excluding hydrogens is 138 g/mol. The molecule has 0 saturated carbocycles. The third-order valence-corrected chi connectivity index (χ3v) is 1.21. The summed E-state index contributed by atoms with van der Waals surface area (Å²) in [6, 6.07) is 0. The zero-order chi connectivity index (χ0) is 8.69. The van der Waals surface area contributed by atoms with Crippen LogP contribution < -0.4 is 0 Å². The van der Waals surface area contributed by atoms with E-state index in [1.165, 1.54) is 0 Å². The molecule has 0 unspecified atom stereocenters. The molecule has 2 nitrogen and oxygen atoms in total. The highest BCUT2D eigenvalue weighted by molar-refractivity contribution is 5.89. The number of allylic oxidation sites excluding steroid dienone is 2. The van der Waals surface area contributed by atoms with Gasteiger partial charge in [0.25, 0.3) is 0 Å². The first-order valence-electron chi connectivity index (χ1n) is 3.81. The molecule has 0 heterocycles. The summed E-state index contributed by atoms with van der Waals surface area (Å²) in [6.45, 7) is 3.64. The number of carbonyl (C=O) groups is 1. The maximum atomic E-state index is 10.7. The average Bonchev–Trinajstić information content (AvgIpc) is 1.87. The van der Waals surface area contributed by atoms with Crippen LogP contribution in [0.4, 0.5) is 0 Å². The first-order chi connectivity index (χ1) is 5.20. The highest BCUT2D eigenvalue weighted by Crippen LogP contribution is 2.00. The van der Waals surface area contributed by atoms with Crippen LogP contribution in [0.1, 0.15) is 26.7 Å². The van der Waals surface area contributed by atoms with Gasteiger partial charge in [-0.3, -0.25) is 9.79 Å². The van der Waals surface area contributed by atoms with Crippen molar-refractivity contribution >= 4 is 12.0 Å². The van der Waals surface area contributed by atoms with Gasteiger partial charge in [0, 0.05) is 19.7 Å². The van der Waals surface area contributed by atoms with Crippen LogP contribution in [0.25, 0.3) is 0 Å². The van der Waals surface area contributed by atoms with Crippen LogP contribution in [-0.2, 0) is 4.79 Å². The van der Waals surface area contributed by atoms with Crippen LogP contribution in [-0.4, -0.2) is 19.0 Å². The van der Waals surface area contributed by atoms with Crippen LogP contribution in [0.3, 0.4) is 0 Å². The predicted octanol–water partition coefficient (Wildman–Crippen LogP) is 2.00. The summed E-state index contributed by atoms with van der Waals surface area (Å²) in [4.78, 5) is 14.6. The normalized spacial score (nSPS) is 12.5. The largest absolute Gasteiger partial charge is 0.300 e. The van der Waals surface area contributed by atoms with E-state index in [2.05, 4.69) is 4.99 Å². The molecule has 0 aromatic carbocycles. The first-order valence-corrected chi connectivity index (χ1v) is 3.81. The fraction of sp³-hybridized carbons (Fsp3) is 0.556. The SMILES string of the molecule is CC/C=C(\C=NC)CC(C)=O. The Morgan fingerprint density at radius 2 is 2.18 bits per heavy atom. The molecule has 0 saturated heterocycles. The van der Waals surface area contributed by atoms with Gasteiger partial charge in [-0.1, -0.05) is 13.0 Å². The quantitative estimate of drug-likeness (QED) is 0.568. The van der Waals surface area contributed by atoms with Gasteiger partial charge in [-0.25, -0.2) is 0 Å². The lowest BCUT2D eigenvalue weighted by atomic mass is 10.1. The summed E-state index contributed by atoms with van der Waals surface area (Å²) in [6.07, 6.45) is 5.22. The van der Waals surface area contributed by atoms with Gasteiger partial charge in [-0.15, -0.1) is 0 Å². The van der Waals surface area contributed by atoms with E-state index < -0.39 is 0 Å². The molecule has 0 aliphatic rings. The molecule has 0 N–H and O–H groups in total. The zero-order valence-electron chi connectivity index (χ0n) is 7.42. The molecule has 0 spiro atoms. The molecule has 0 radical (unpaired) electrons. The summed E-state index contributed by atoms with van der Waals surface area (Å²) >= 11 is 0. The van der Waals surface area contributed by atoms with E-state index in [1.807, 2.05) is 13.0 Å². The van der Waals surface area contributed by atoms with E-state index in [1.54, 1.807) is 20.2 Å². The van der Waals surface area contributed by atoms with Crippen molar-refractivity contribution in [1.29, 1.82) is 0 Å². The van der Waals surface area contributed by atoms with E-state index in [-0.39, 0.29) is 5.78 Å². The van der Waals surface area contributed by atoms with Crippen molar-refractivity contribution in [3.05, 3.63) is 11.6 Å². The van der Waals surface area contributed by atoms with Crippen molar-refractivity contribution in [1.82, 2.24) is 0 Å². The van der Waals surface area contributed by atoms with Gasteiger partial charge in [-0.2, -0.15) is 0 Å². The van der Waals surface area contributed by atoms with Crippen LogP contribution >= 0.6 is 0 Å². The van der Waals surface area contributed by atoms with Gasteiger partial charge >= 0.3 is 0 Å². The second-order valence-corrected chi connectivity index (χ2v) is 2.45. The Bertz CT molecular complexity index is 180. The van der Waals surface area contributed by atoms with Crippen molar-refractivity contribution in [3.8, 4) is 0 Å². The van der Waals surface area contributed by atoms with Crippen LogP contribution in [0, 0.1) is 0 Å². The second kappa shape index (κ2) is 5.83. The number of Topliss-reactive ketones (excluding diaryl/α,β-unsaturated/α-hetero) is 1. The Hall–Kier alpha value is -0.920. The number of nitrogens with zero attached hydrogens (tertiary/aromatic N) is 1. The van der Waals surface area contributed by atoms with E-state index in [0.717, 1.165) is 12.0 Å². The van der Waals surface area contributed by atoms with Crippen LogP contribution in [0.15, 0.2) is 16.6 Å². The zero-order valence-corrected chi connectivity index (χ0v) is 7.42. The molecule has 2 heteroatoms. The summed E-state index contributed by atoms with van der Waals surface area (Å²) in [5.41, 5.74) is 1.02. The molecule has 0 atom stereocenters. The van der Waals surface area contributed by atoms with Gasteiger partial charge in [0.15, 0.2) is 0 Å². The topological polar surface area (TPSA) is 29.4 Å². The molecule has 0 aromatic heterocycles. The highest BCUT2D eigenvalue weighted by atomic mass is 16.1. The second-order valence-electron chi connectivity index (χ2n) is 2.45. The van der Waals surface area contributed by atoms with E-state index in [4.69, 9.17) is 0 Å². The Labute approximate surface area is 68.0 Å². The fourth-order valence-corrected chi connectivity index (χ4v) is 0.886. The lowest BCUT2D eigenvalue weighted by molar-refractivity contribution is -0.116. The fourth-order valence-electron chi connectivity index (χ4n) is 0.886. The molecule has 0 bridgehead atoms. The molecule has 0 rings (SSSR count). The summed E-state index contributed by atoms with van der Waals surface area (Å²) < 4.78 is 0. The number of ketones is 1. The lowest BCUT2D eigenvalue weighted by Crippen LogP contribution is -1.94. The van der Waals surface area contributed by atoms with Crippen LogP contribution in [0.5, 0.6) is 0 Å². The Morgan fingerprint density at radius 3 is 2.55 bits per heavy atom. The Morgan fingerprint density at radius 1 is 1.55 bits per heavy atom. The third kappa shape index (κ3) is 5.52. The molecule has 0 fully saturated rings. The Kier molecular flexibility index (Phi) is 5.35. The Balaban J connectivity index is 4.11. The van der Waals surface area contributed by atoms with Gasteiger partial charge in [-0.05, 0) is 18.9 Å². The smallest absolute Gasteiger partial charge is 0.134 e. The van der Waals surface area contributed by atoms with Crippen molar-refractivity contribution < 1.29 is 4.79 Å². The van der Waals surface area contributed by atoms with Gasteiger partial charge in [0.2, 0.25) is 0 Å². The van der Waals surface area contributed by atoms with Gasteiger partial charge < -0.3 is 0 Å². The number of rotatable bonds is 4. The first kappa shape index (κ1) is 10.1. The van der Waals surface area contributed by atoms with E-state index in [0.29, 0.717) is 6.42 Å². The number of hydrogen-bond acceptors (Lipinski definition) is 2. The minimum atomic E-state index is 0.185. The molecule has 0 aromatic rings. The monoisotopic (exact) mass is 153 g/mol. The third-order valence-electron chi connectivity index (χ3n) is 1.21. The number of aliphatic imine (C=N–C) groups is 1. The standard InChI is InChI=1S/C9H15NO/c1-4-5-9(7-10-3)6-8(2)11/h5,7H,4,6H2,1-3H3/b9-5-,10-7?. The summed E-state index contributed by atoms with van der Waals surface area (Å²) in [7, 11) is 1.71. The molecule has 11 heavy (non-hydrogen) atoms. The minimum Gasteiger partial charge on any atom is -0.300 e. The van der Waals surface area contributed by atoms with Crippen molar-refractivity contribution in [2.24, 2.45) is 4.99 Å². The minimum absolute atomic E-state index is 0.185. The number of carbonyl (C=O) groups excluding carboxylic acids is 1. The predicted molar refractivity (Wildman–Crippen MR) is 48.1 cm³/mol. The van der Waals surface area contributed by atoms with Gasteiger partial charge in [0.1, 0.15) is 5.78 Å². The maximum Gasteiger partial charge on any atom is 0.134 e. The summed E-state index contributed by atoms with van der Waals surface area (Å²) in [5, 5.41) is 0. The maximum absolute atomic E-state index is 10.7. The lowest BCUT2D eigenvalue weighted by Gasteiger charge is -1.95. The van der Waals surface area contributed by atoms with E-state index in [9.17, 15) is 4.79 Å². The average molecular weight is 153 g/mol. The van der Waals surface area contributed by atoms with Crippen molar-refractivity contribution in [2.45, 2.75) is 26.7 Å². The van der Waals surface area contributed by atoms with Crippen molar-refractivity contribution in [3.63, 3.8) is 0 Å². The molecular formula is C9H15NO. The van der Waals surface area contributed by atoms with Crippen LogP contribution in [0.2, 0.25) is 0 Å². The van der Waals surface area contributed by atoms with E-state index >= 15 is 0 Å². The highest BCUT2D eigenvalue weighted by Gasteiger charge is 1.96. The van der Waals surface area contributed by atoms with Crippen molar-refractivity contribution in [2.75, 3.05) is 7.05 Å². The van der Waals surface area contributed by atoms with Gasteiger partial charge in [0.05, 0.1) is 0 Å². The molecule has 0 amide bonds.